The third-order valence-electron chi connectivity index (χ3n) is 3.98. The highest BCUT2D eigenvalue weighted by Crippen LogP contribution is 2.29. The Balaban J connectivity index is 1.79. The molecule has 0 spiro atoms. The van der Waals surface area contributed by atoms with Gasteiger partial charge in [-0.3, -0.25) is 4.79 Å². The van der Waals surface area contributed by atoms with E-state index in [4.69, 9.17) is 0 Å². The van der Waals surface area contributed by atoms with Gasteiger partial charge in [0.15, 0.2) is 0 Å². The standard InChI is InChI=1S/C15H20N2O/c1-11-4-5-14-13(7-11)3-2-6-17(14)15(18)8-12-9-16-10-12/h4-5,7,12,16H,2-3,6,8-10H2,1H3. The number of hydrogen-bond donors (Lipinski definition) is 1. The van der Waals surface area contributed by atoms with Crippen molar-refractivity contribution in [3.8, 4) is 0 Å². The maximum atomic E-state index is 12.3. The van der Waals surface area contributed by atoms with Crippen LogP contribution in [0.3, 0.4) is 0 Å². The summed E-state index contributed by atoms with van der Waals surface area (Å²) in [5.41, 5.74) is 3.76. The molecule has 0 atom stereocenters. The first-order valence-corrected chi connectivity index (χ1v) is 6.84. The van der Waals surface area contributed by atoms with Gasteiger partial charge in [0, 0.05) is 18.7 Å². The molecular formula is C15H20N2O. The van der Waals surface area contributed by atoms with E-state index in [1.54, 1.807) is 0 Å². The molecule has 1 N–H and O–H groups in total. The molecule has 1 aromatic rings. The van der Waals surface area contributed by atoms with Crippen LogP contribution in [0.4, 0.5) is 5.69 Å². The Morgan fingerprint density at radius 2 is 2.28 bits per heavy atom. The number of amides is 1. The van der Waals surface area contributed by atoms with Crippen molar-refractivity contribution in [1.82, 2.24) is 5.32 Å². The normalized spacial score (nSPS) is 19.3. The van der Waals surface area contributed by atoms with Crippen LogP contribution in [-0.4, -0.2) is 25.5 Å². The third-order valence-corrected chi connectivity index (χ3v) is 3.98. The average molecular weight is 244 g/mol. The molecule has 18 heavy (non-hydrogen) atoms. The minimum atomic E-state index is 0.298. The quantitative estimate of drug-likeness (QED) is 0.861. The van der Waals surface area contributed by atoms with Crippen LogP contribution in [-0.2, 0) is 11.2 Å². The highest BCUT2D eigenvalue weighted by Gasteiger charge is 2.26. The monoisotopic (exact) mass is 244 g/mol. The number of hydrogen-bond acceptors (Lipinski definition) is 2. The molecule has 3 heteroatoms. The summed E-state index contributed by atoms with van der Waals surface area (Å²) in [6.45, 7) is 5.00. The third kappa shape index (κ3) is 2.15. The molecule has 1 amide bonds. The first kappa shape index (κ1) is 11.7. The van der Waals surface area contributed by atoms with Gasteiger partial charge in [0.1, 0.15) is 0 Å². The maximum Gasteiger partial charge on any atom is 0.227 e. The zero-order valence-electron chi connectivity index (χ0n) is 10.9. The van der Waals surface area contributed by atoms with Crippen molar-refractivity contribution in [3.63, 3.8) is 0 Å². The summed E-state index contributed by atoms with van der Waals surface area (Å²) in [7, 11) is 0. The molecule has 1 aromatic carbocycles. The average Bonchev–Trinajstić information content (AvgIpc) is 2.32. The van der Waals surface area contributed by atoms with Crippen LogP contribution >= 0.6 is 0 Å². The van der Waals surface area contributed by atoms with Gasteiger partial charge in [-0.25, -0.2) is 0 Å². The number of carbonyl (C=O) groups is 1. The number of nitrogens with one attached hydrogen (secondary N) is 1. The summed E-state index contributed by atoms with van der Waals surface area (Å²) in [4.78, 5) is 14.3. The van der Waals surface area contributed by atoms with Crippen LogP contribution in [0.15, 0.2) is 18.2 Å². The Labute approximate surface area is 108 Å². The molecule has 1 saturated heterocycles. The van der Waals surface area contributed by atoms with Gasteiger partial charge in [-0.05, 0) is 50.4 Å². The van der Waals surface area contributed by atoms with E-state index in [-0.39, 0.29) is 0 Å². The second-order valence-electron chi connectivity index (χ2n) is 5.51. The molecule has 0 bridgehead atoms. The van der Waals surface area contributed by atoms with Crippen LogP contribution < -0.4 is 10.2 Å². The van der Waals surface area contributed by atoms with E-state index in [1.807, 2.05) is 4.90 Å². The molecule has 0 saturated carbocycles. The molecule has 0 aromatic heterocycles. The van der Waals surface area contributed by atoms with Gasteiger partial charge in [0.05, 0.1) is 0 Å². The molecular weight excluding hydrogens is 224 g/mol. The summed E-state index contributed by atoms with van der Waals surface area (Å²) in [5, 5.41) is 3.23. The second-order valence-corrected chi connectivity index (χ2v) is 5.51. The molecule has 1 fully saturated rings. The van der Waals surface area contributed by atoms with E-state index >= 15 is 0 Å². The van der Waals surface area contributed by atoms with Crippen LogP contribution in [0.1, 0.15) is 24.0 Å². The Morgan fingerprint density at radius 3 is 3.00 bits per heavy atom. The molecule has 96 valence electrons. The minimum absolute atomic E-state index is 0.298. The lowest BCUT2D eigenvalue weighted by Gasteiger charge is -2.33. The van der Waals surface area contributed by atoms with Crippen LogP contribution in [0.5, 0.6) is 0 Å². The highest BCUT2D eigenvalue weighted by molar-refractivity contribution is 5.94. The molecule has 2 aliphatic heterocycles. The first-order chi connectivity index (χ1) is 8.74. The molecule has 0 aliphatic carbocycles. The van der Waals surface area contributed by atoms with Gasteiger partial charge in [0.25, 0.3) is 0 Å². The Kier molecular flexibility index (Phi) is 3.08. The van der Waals surface area contributed by atoms with E-state index in [0.29, 0.717) is 18.2 Å². The van der Waals surface area contributed by atoms with E-state index in [0.717, 1.165) is 38.2 Å². The summed E-state index contributed by atoms with van der Waals surface area (Å²) >= 11 is 0. The number of fused-ring (bicyclic) bond motifs is 1. The predicted octanol–water partition coefficient (Wildman–Crippen LogP) is 1.88. The molecule has 0 unspecified atom stereocenters. The lowest BCUT2D eigenvalue weighted by atomic mass is 9.96. The van der Waals surface area contributed by atoms with Crippen molar-refractivity contribution in [2.24, 2.45) is 5.92 Å². The lowest BCUT2D eigenvalue weighted by Crippen LogP contribution is -2.46. The smallest absolute Gasteiger partial charge is 0.227 e. The predicted molar refractivity (Wildman–Crippen MR) is 72.8 cm³/mol. The zero-order chi connectivity index (χ0) is 12.5. The van der Waals surface area contributed by atoms with Crippen molar-refractivity contribution >= 4 is 11.6 Å². The summed E-state index contributed by atoms with van der Waals surface area (Å²) in [5.74, 6) is 0.847. The second kappa shape index (κ2) is 4.73. The fraction of sp³-hybridized carbons (Fsp3) is 0.533. The van der Waals surface area contributed by atoms with Crippen LogP contribution in [0.2, 0.25) is 0 Å². The van der Waals surface area contributed by atoms with Gasteiger partial charge in [-0.15, -0.1) is 0 Å². The largest absolute Gasteiger partial charge is 0.316 e. The number of benzene rings is 1. The van der Waals surface area contributed by atoms with Crippen LogP contribution in [0, 0.1) is 12.8 Å². The van der Waals surface area contributed by atoms with Gasteiger partial charge in [-0.2, -0.15) is 0 Å². The van der Waals surface area contributed by atoms with Crippen LogP contribution in [0.25, 0.3) is 0 Å². The van der Waals surface area contributed by atoms with Gasteiger partial charge >= 0.3 is 0 Å². The van der Waals surface area contributed by atoms with E-state index in [9.17, 15) is 4.79 Å². The Hall–Kier alpha value is -1.35. The topological polar surface area (TPSA) is 32.3 Å². The maximum absolute atomic E-state index is 12.3. The first-order valence-electron chi connectivity index (χ1n) is 6.84. The fourth-order valence-corrected chi connectivity index (χ4v) is 2.83. The Bertz CT molecular complexity index is 466. The van der Waals surface area contributed by atoms with Gasteiger partial charge in [-0.1, -0.05) is 17.7 Å². The SMILES string of the molecule is Cc1ccc2c(c1)CCCN2C(=O)CC1CNC1. The number of anilines is 1. The molecule has 2 aliphatic rings. The summed E-state index contributed by atoms with van der Waals surface area (Å²) in [6.07, 6.45) is 2.89. The van der Waals surface area contributed by atoms with Crippen molar-refractivity contribution in [3.05, 3.63) is 29.3 Å². The van der Waals surface area contributed by atoms with E-state index in [2.05, 4.69) is 30.4 Å². The molecule has 2 heterocycles. The number of carbonyl (C=O) groups excluding carboxylic acids is 1. The van der Waals surface area contributed by atoms with Crippen molar-refractivity contribution < 1.29 is 4.79 Å². The number of rotatable bonds is 2. The van der Waals surface area contributed by atoms with Gasteiger partial charge in [0.2, 0.25) is 5.91 Å². The zero-order valence-corrected chi connectivity index (χ0v) is 10.9. The Morgan fingerprint density at radius 1 is 1.44 bits per heavy atom. The number of nitrogens with zero attached hydrogens (tertiary/aromatic N) is 1. The molecule has 3 nitrogen and oxygen atoms in total. The van der Waals surface area contributed by atoms with Crippen molar-refractivity contribution in [1.29, 1.82) is 0 Å². The highest BCUT2D eigenvalue weighted by atomic mass is 16.2. The van der Waals surface area contributed by atoms with E-state index in [1.165, 1.54) is 11.1 Å². The minimum Gasteiger partial charge on any atom is -0.316 e. The lowest BCUT2D eigenvalue weighted by molar-refractivity contribution is -0.119. The summed E-state index contributed by atoms with van der Waals surface area (Å²) in [6, 6.07) is 6.44. The van der Waals surface area contributed by atoms with Crippen molar-refractivity contribution in [2.45, 2.75) is 26.2 Å². The summed E-state index contributed by atoms with van der Waals surface area (Å²) < 4.78 is 0. The van der Waals surface area contributed by atoms with E-state index < -0.39 is 0 Å². The van der Waals surface area contributed by atoms with Crippen molar-refractivity contribution in [2.75, 3.05) is 24.5 Å². The van der Waals surface area contributed by atoms with Gasteiger partial charge < -0.3 is 10.2 Å². The fourth-order valence-electron chi connectivity index (χ4n) is 2.83. The molecule has 0 radical (unpaired) electrons. The molecule has 3 rings (SSSR count). The number of aryl methyl sites for hydroxylation is 2.